The van der Waals surface area contributed by atoms with Gasteiger partial charge < -0.3 is 15.6 Å². The molecular formula is C13H14Br2N6S. The fourth-order valence-electron chi connectivity index (χ4n) is 1.96. The van der Waals surface area contributed by atoms with Crippen molar-refractivity contribution in [3.63, 3.8) is 0 Å². The predicted octanol–water partition coefficient (Wildman–Crippen LogP) is 3.53. The van der Waals surface area contributed by atoms with Gasteiger partial charge in [-0.25, -0.2) is 9.97 Å². The molecule has 116 valence electrons. The van der Waals surface area contributed by atoms with Crippen LogP contribution in [-0.4, -0.2) is 33.0 Å². The Morgan fingerprint density at radius 3 is 2.95 bits per heavy atom. The van der Waals surface area contributed by atoms with Gasteiger partial charge in [-0.05, 0) is 50.9 Å². The van der Waals surface area contributed by atoms with Crippen LogP contribution in [-0.2, 0) is 6.54 Å². The predicted molar refractivity (Wildman–Crippen MR) is 96.2 cm³/mol. The van der Waals surface area contributed by atoms with Crippen molar-refractivity contribution >= 4 is 60.3 Å². The molecule has 22 heavy (non-hydrogen) atoms. The number of thiophene rings is 1. The van der Waals surface area contributed by atoms with Gasteiger partial charge in [0.1, 0.15) is 11.8 Å². The second-order valence-corrected chi connectivity index (χ2v) is 7.95. The molecule has 0 aliphatic rings. The summed E-state index contributed by atoms with van der Waals surface area (Å²) in [5.74, 6) is 0.738. The van der Waals surface area contributed by atoms with E-state index in [0.29, 0.717) is 5.65 Å². The Morgan fingerprint density at radius 2 is 2.18 bits per heavy atom. The van der Waals surface area contributed by atoms with Crippen LogP contribution in [0.15, 0.2) is 26.8 Å². The smallest absolute Gasteiger partial charge is 0.202 e. The van der Waals surface area contributed by atoms with Crippen LogP contribution in [0.3, 0.4) is 0 Å². The fraction of sp³-hybridized carbons (Fsp3) is 0.308. The number of aromatic amines is 1. The molecule has 3 aromatic heterocycles. The molecule has 0 spiro atoms. The molecule has 0 aliphatic carbocycles. The Kier molecular flexibility index (Phi) is 5.40. The minimum absolute atomic E-state index is 0.685. The minimum Gasteiger partial charge on any atom is -0.356 e. The van der Waals surface area contributed by atoms with Crippen LogP contribution in [0.2, 0.25) is 0 Å². The van der Waals surface area contributed by atoms with Crippen LogP contribution in [0.25, 0.3) is 11.2 Å². The van der Waals surface area contributed by atoms with Gasteiger partial charge in [0, 0.05) is 22.4 Å². The summed E-state index contributed by atoms with van der Waals surface area (Å²) in [6, 6.07) is 2.13. The van der Waals surface area contributed by atoms with Gasteiger partial charge in [-0.15, -0.1) is 11.3 Å². The number of halogens is 2. The molecule has 0 fully saturated rings. The van der Waals surface area contributed by atoms with Gasteiger partial charge in [0.25, 0.3) is 0 Å². The maximum atomic E-state index is 4.34. The van der Waals surface area contributed by atoms with Crippen molar-refractivity contribution in [3.05, 3.63) is 31.7 Å². The summed E-state index contributed by atoms with van der Waals surface area (Å²) in [6.45, 7) is 2.67. The zero-order valence-electron chi connectivity index (χ0n) is 11.6. The average molecular weight is 446 g/mol. The molecule has 0 aromatic carbocycles. The number of rotatable bonds is 7. The van der Waals surface area contributed by atoms with Crippen LogP contribution in [0.5, 0.6) is 0 Å². The van der Waals surface area contributed by atoms with Crippen LogP contribution in [0.1, 0.15) is 11.3 Å². The van der Waals surface area contributed by atoms with Gasteiger partial charge in [0.2, 0.25) is 5.95 Å². The number of nitrogens with zero attached hydrogens (tertiary/aromatic N) is 3. The van der Waals surface area contributed by atoms with Gasteiger partial charge >= 0.3 is 0 Å². The maximum absolute atomic E-state index is 4.34. The van der Waals surface area contributed by atoms with E-state index in [2.05, 4.69) is 68.5 Å². The monoisotopic (exact) mass is 444 g/mol. The SMILES string of the molecule is Brc1cc(CNCCCNc2nc3ncncc3[nH]2)sc1Br. The maximum Gasteiger partial charge on any atom is 0.202 e. The molecule has 0 bridgehead atoms. The number of imidazole rings is 1. The highest BCUT2D eigenvalue weighted by Gasteiger charge is 2.04. The van der Waals surface area contributed by atoms with Crippen molar-refractivity contribution in [1.82, 2.24) is 25.3 Å². The topological polar surface area (TPSA) is 78.5 Å². The van der Waals surface area contributed by atoms with Crippen molar-refractivity contribution < 1.29 is 0 Å². The number of anilines is 1. The van der Waals surface area contributed by atoms with Crippen LogP contribution in [0, 0.1) is 0 Å². The molecule has 0 atom stereocenters. The number of hydrogen-bond donors (Lipinski definition) is 3. The van der Waals surface area contributed by atoms with E-state index >= 15 is 0 Å². The molecule has 0 aliphatic heterocycles. The molecule has 3 heterocycles. The quantitative estimate of drug-likeness (QED) is 0.485. The lowest BCUT2D eigenvalue weighted by Crippen LogP contribution is -2.17. The lowest BCUT2D eigenvalue weighted by molar-refractivity contribution is 0.668. The molecule has 3 rings (SSSR count). The standard InChI is InChI=1S/C13H14Br2N6S/c14-9-4-8(22-11(9)15)5-16-2-1-3-18-13-20-10-6-17-7-19-12(10)21-13/h4,6-7,16H,1-3,5H2,(H2,17,18,19,20,21). The van der Waals surface area contributed by atoms with Crippen LogP contribution >= 0.6 is 43.2 Å². The van der Waals surface area contributed by atoms with Crippen molar-refractivity contribution in [3.8, 4) is 0 Å². The molecule has 6 nitrogen and oxygen atoms in total. The van der Waals surface area contributed by atoms with Gasteiger partial charge in [0.15, 0.2) is 5.65 Å². The molecule has 0 saturated carbocycles. The molecule has 9 heteroatoms. The normalized spacial score (nSPS) is 11.2. The van der Waals surface area contributed by atoms with Gasteiger partial charge in [-0.2, -0.15) is 4.98 Å². The van der Waals surface area contributed by atoms with E-state index in [-0.39, 0.29) is 0 Å². The lowest BCUT2D eigenvalue weighted by atomic mass is 10.4. The summed E-state index contributed by atoms with van der Waals surface area (Å²) in [7, 11) is 0. The molecule has 0 amide bonds. The summed E-state index contributed by atoms with van der Waals surface area (Å²) in [5.41, 5.74) is 1.53. The second kappa shape index (κ2) is 7.49. The molecule has 3 aromatic rings. The number of hydrogen-bond acceptors (Lipinski definition) is 6. The first-order valence-electron chi connectivity index (χ1n) is 6.76. The number of H-pyrrole nitrogens is 1. The first-order valence-corrected chi connectivity index (χ1v) is 9.16. The zero-order chi connectivity index (χ0) is 15.4. The van der Waals surface area contributed by atoms with Crippen LogP contribution < -0.4 is 10.6 Å². The first kappa shape index (κ1) is 15.9. The Hall–Kier alpha value is -1.03. The molecule has 0 saturated heterocycles. The van der Waals surface area contributed by atoms with E-state index in [0.717, 1.165) is 45.8 Å². The van der Waals surface area contributed by atoms with Crippen molar-refractivity contribution in [1.29, 1.82) is 0 Å². The van der Waals surface area contributed by atoms with E-state index < -0.39 is 0 Å². The fourth-order valence-corrected chi connectivity index (χ4v) is 4.10. The summed E-state index contributed by atoms with van der Waals surface area (Å²) >= 11 is 8.74. The minimum atomic E-state index is 0.685. The highest BCUT2D eigenvalue weighted by atomic mass is 79.9. The molecular weight excluding hydrogens is 432 g/mol. The summed E-state index contributed by atoms with van der Waals surface area (Å²) in [6.07, 6.45) is 4.23. The first-order chi connectivity index (χ1) is 10.7. The van der Waals surface area contributed by atoms with Crippen molar-refractivity contribution in [2.75, 3.05) is 18.4 Å². The zero-order valence-corrected chi connectivity index (χ0v) is 15.6. The second-order valence-electron chi connectivity index (χ2n) is 4.64. The number of nitrogens with one attached hydrogen (secondary N) is 3. The molecule has 3 N–H and O–H groups in total. The number of fused-ring (bicyclic) bond motifs is 1. The van der Waals surface area contributed by atoms with E-state index in [1.54, 1.807) is 17.5 Å². The summed E-state index contributed by atoms with van der Waals surface area (Å²) in [4.78, 5) is 16.8. The highest BCUT2D eigenvalue weighted by molar-refractivity contribution is 9.13. The largest absolute Gasteiger partial charge is 0.356 e. The highest BCUT2D eigenvalue weighted by Crippen LogP contribution is 2.32. The third kappa shape index (κ3) is 4.03. The summed E-state index contributed by atoms with van der Waals surface area (Å²) in [5, 5.41) is 6.69. The molecule has 0 unspecified atom stereocenters. The number of aromatic nitrogens is 4. The van der Waals surface area contributed by atoms with E-state index in [4.69, 9.17) is 0 Å². The Morgan fingerprint density at radius 1 is 1.27 bits per heavy atom. The van der Waals surface area contributed by atoms with Crippen LogP contribution in [0.4, 0.5) is 5.95 Å². The lowest BCUT2D eigenvalue weighted by Gasteiger charge is -2.04. The van der Waals surface area contributed by atoms with Gasteiger partial charge in [-0.1, -0.05) is 0 Å². The van der Waals surface area contributed by atoms with Crippen molar-refractivity contribution in [2.24, 2.45) is 0 Å². The van der Waals surface area contributed by atoms with Gasteiger partial charge in [0.05, 0.1) is 9.98 Å². The molecule has 0 radical (unpaired) electrons. The third-order valence-corrected chi connectivity index (χ3v) is 6.24. The van der Waals surface area contributed by atoms with Crippen molar-refractivity contribution in [2.45, 2.75) is 13.0 Å². The van der Waals surface area contributed by atoms with E-state index in [1.165, 1.54) is 11.2 Å². The van der Waals surface area contributed by atoms with E-state index in [9.17, 15) is 0 Å². The summed E-state index contributed by atoms with van der Waals surface area (Å²) < 4.78 is 2.25. The third-order valence-electron chi connectivity index (χ3n) is 2.98. The Balaban J connectivity index is 1.36. The Bertz CT molecular complexity index is 703. The average Bonchev–Trinajstić information content (AvgIpc) is 3.06. The van der Waals surface area contributed by atoms with Gasteiger partial charge in [-0.3, -0.25) is 0 Å². The Labute approximate surface area is 148 Å². The van der Waals surface area contributed by atoms with E-state index in [1.807, 2.05) is 0 Å².